The van der Waals surface area contributed by atoms with Crippen molar-refractivity contribution in [2.24, 2.45) is 0 Å². The number of carboxylic acid groups (broad SMARTS) is 2. The molecule has 0 saturated carbocycles. The van der Waals surface area contributed by atoms with Crippen LogP contribution in [0.4, 0.5) is 0 Å². The molecule has 0 unspecified atom stereocenters. The van der Waals surface area contributed by atoms with Gasteiger partial charge in [-0.25, -0.2) is 0 Å². The zero-order chi connectivity index (χ0) is 28.4. The second-order valence-corrected chi connectivity index (χ2v) is 11.1. The van der Waals surface area contributed by atoms with Crippen LogP contribution >= 0.6 is 0 Å². The van der Waals surface area contributed by atoms with Gasteiger partial charge in [0.05, 0.1) is 0 Å². The molecule has 0 N–H and O–H groups in total. The van der Waals surface area contributed by atoms with E-state index in [4.69, 9.17) is 0 Å². The van der Waals surface area contributed by atoms with Crippen LogP contribution in [-0.4, -0.2) is 11.9 Å². The van der Waals surface area contributed by atoms with Crippen molar-refractivity contribution < 1.29 is 57.5 Å². The maximum absolute atomic E-state index is 10.2. The van der Waals surface area contributed by atoms with Gasteiger partial charge in [-0.3, -0.25) is 0 Å². The average Bonchev–Trinajstić information content (AvgIpc) is 2.89. The molecule has 0 amide bonds. The summed E-state index contributed by atoms with van der Waals surface area (Å²) in [5.41, 5.74) is 0. The van der Waals surface area contributed by atoms with Crippen LogP contribution < -0.4 is 10.2 Å². The molecule has 0 spiro atoms. The van der Waals surface area contributed by atoms with E-state index in [1.165, 1.54) is 135 Å². The van der Waals surface area contributed by atoms with Gasteiger partial charge in [-0.2, -0.15) is 0 Å². The SMILES string of the molecule is CCCCCCCC/C=C\CCCCCCCC(=O)[O-].CCCCCCCCCCCCCCCC(=O)[O-].[Ho]. The monoisotopic (exact) mass is 701 g/mol. The van der Waals surface area contributed by atoms with Crippen molar-refractivity contribution >= 4 is 11.9 Å². The summed E-state index contributed by atoms with van der Waals surface area (Å²) in [6, 6.07) is 0. The molecule has 0 aliphatic carbocycles. The Hall–Kier alpha value is -0.0603. The third kappa shape index (κ3) is 48.0. The van der Waals surface area contributed by atoms with Crippen LogP contribution in [0.3, 0.4) is 0 Å². The van der Waals surface area contributed by atoms with Crippen molar-refractivity contribution in [1.82, 2.24) is 0 Å². The predicted octanol–water partition coefficient (Wildman–Crippen LogP) is 8.99. The van der Waals surface area contributed by atoms with E-state index in [2.05, 4.69) is 26.0 Å². The van der Waals surface area contributed by atoms with Gasteiger partial charge in [0, 0.05) is 49.7 Å². The Kier molecular flexibility index (Phi) is 44.6. The van der Waals surface area contributed by atoms with Gasteiger partial charge in [-0.05, 0) is 51.4 Å². The van der Waals surface area contributed by atoms with Crippen LogP contribution in [-0.2, 0) is 9.59 Å². The first-order chi connectivity index (χ1) is 18.5. The van der Waals surface area contributed by atoms with Gasteiger partial charge >= 0.3 is 0 Å². The van der Waals surface area contributed by atoms with Crippen molar-refractivity contribution in [3.8, 4) is 0 Å². The molecule has 4 nitrogen and oxygen atoms in total. The number of carbonyl (C=O) groups excluding carboxylic acids is 2. The predicted molar refractivity (Wildman–Crippen MR) is 160 cm³/mol. The molecule has 0 heterocycles. The molecule has 0 aromatic heterocycles. The van der Waals surface area contributed by atoms with Crippen LogP contribution in [0.1, 0.15) is 194 Å². The average molecular weight is 702 g/mol. The fourth-order valence-corrected chi connectivity index (χ4v) is 4.63. The van der Waals surface area contributed by atoms with Crippen LogP contribution in [0.15, 0.2) is 12.2 Å². The summed E-state index contributed by atoms with van der Waals surface area (Å²) in [6.07, 6.45) is 37.8. The molecule has 0 aliphatic rings. The first kappa shape index (κ1) is 43.4. The second kappa shape index (κ2) is 40.1. The Balaban J connectivity index is -0.000000651. The summed E-state index contributed by atoms with van der Waals surface area (Å²) in [5, 5.41) is 20.4. The summed E-state index contributed by atoms with van der Waals surface area (Å²) in [4.78, 5) is 20.4. The topological polar surface area (TPSA) is 80.3 Å². The van der Waals surface area contributed by atoms with Gasteiger partial charge in [0.2, 0.25) is 0 Å². The van der Waals surface area contributed by atoms with E-state index in [9.17, 15) is 19.8 Å². The van der Waals surface area contributed by atoms with E-state index in [0.29, 0.717) is 0 Å². The van der Waals surface area contributed by atoms with E-state index in [-0.39, 0.29) is 50.6 Å². The van der Waals surface area contributed by atoms with Crippen LogP contribution in [0.2, 0.25) is 0 Å². The van der Waals surface area contributed by atoms with Crippen LogP contribution in [0.5, 0.6) is 0 Å². The van der Waals surface area contributed by atoms with Gasteiger partial charge in [-0.1, -0.05) is 154 Å². The Morgan fingerprint density at radius 2 is 0.641 bits per heavy atom. The third-order valence-electron chi connectivity index (χ3n) is 7.13. The van der Waals surface area contributed by atoms with Crippen molar-refractivity contribution in [3.05, 3.63) is 12.2 Å². The summed E-state index contributed by atoms with van der Waals surface area (Å²) < 4.78 is 0. The maximum atomic E-state index is 10.2. The molecule has 0 aromatic carbocycles. The van der Waals surface area contributed by atoms with E-state index in [1.807, 2.05) is 0 Å². The Labute approximate surface area is 273 Å². The molecule has 39 heavy (non-hydrogen) atoms. The van der Waals surface area contributed by atoms with Gasteiger partial charge in [-0.15, -0.1) is 0 Å². The first-order valence-corrected chi connectivity index (χ1v) is 16.6. The molecule has 237 valence electrons. The molecule has 1 radical (unpaired) electrons. The van der Waals surface area contributed by atoms with Gasteiger partial charge in [0.1, 0.15) is 0 Å². The number of carboxylic acids is 2. The Morgan fingerprint density at radius 1 is 0.410 bits per heavy atom. The number of unbranched alkanes of at least 4 members (excludes halogenated alkanes) is 23. The number of rotatable bonds is 29. The largest absolute Gasteiger partial charge is 0.550 e. The van der Waals surface area contributed by atoms with E-state index >= 15 is 0 Å². The number of hydrogen-bond donors (Lipinski definition) is 0. The molecular weight excluding hydrogens is 637 g/mol. The quantitative estimate of drug-likeness (QED) is 0.0443. The van der Waals surface area contributed by atoms with Gasteiger partial charge < -0.3 is 19.8 Å². The van der Waals surface area contributed by atoms with Crippen molar-refractivity contribution in [2.45, 2.75) is 194 Å². The zero-order valence-electron chi connectivity index (χ0n) is 25.9. The summed E-state index contributed by atoms with van der Waals surface area (Å²) in [7, 11) is 0. The van der Waals surface area contributed by atoms with Crippen LogP contribution in [0, 0.1) is 37.7 Å². The van der Waals surface area contributed by atoms with Crippen molar-refractivity contribution in [1.29, 1.82) is 0 Å². The number of allylic oxidation sites excluding steroid dienone is 2. The minimum Gasteiger partial charge on any atom is -0.550 e. The molecule has 0 atom stereocenters. The van der Waals surface area contributed by atoms with Crippen LogP contribution in [0.25, 0.3) is 0 Å². The number of hydrogen-bond acceptors (Lipinski definition) is 4. The smallest absolute Gasteiger partial charge is 0.0414 e. The number of carbonyl (C=O) groups is 2. The summed E-state index contributed by atoms with van der Waals surface area (Å²) in [5.74, 6) is -1.82. The Bertz CT molecular complexity index is 507. The molecule has 0 rings (SSSR count). The molecule has 0 bridgehead atoms. The fourth-order valence-electron chi connectivity index (χ4n) is 4.63. The minimum atomic E-state index is -0.914. The standard InChI is InChI=1S/C18H34O2.C16H32O2.Ho/c1-2-3-4-5-6-7-8-9-10-11-12-13-14-15-16-17-18(19)20;1-2-3-4-5-6-7-8-9-10-11-12-13-14-15-16(17)18;/h9-10H,2-8,11-17H2,1H3,(H,19,20);2-15H2,1H3,(H,17,18);/p-2/b10-9-;;. The summed E-state index contributed by atoms with van der Waals surface area (Å²) >= 11 is 0. The van der Waals surface area contributed by atoms with Gasteiger partial charge in [0.15, 0.2) is 0 Å². The molecule has 5 heteroatoms. The zero-order valence-corrected chi connectivity index (χ0v) is 27.8. The van der Waals surface area contributed by atoms with Crippen molar-refractivity contribution in [2.75, 3.05) is 0 Å². The van der Waals surface area contributed by atoms with E-state index in [1.54, 1.807) is 0 Å². The molecule has 0 aliphatic heterocycles. The normalized spacial score (nSPS) is 10.7. The fraction of sp³-hybridized carbons (Fsp3) is 0.882. The van der Waals surface area contributed by atoms with E-state index in [0.717, 1.165) is 32.1 Å². The molecular formula is C34H64HoO4-2. The molecule has 0 saturated heterocycles. The maximum Gasteiger partial charge on any atom is 0.0414 e. The minimum absolute atomic E-state index is 0. The van der Waals surface area contributed by atoms with Crippen molar-refractivity contribution in [3.63, 3.8) is 0 Å². The number of aliphatic carboxylic acids is 2. The van der Waals surface area contributed by atoms with E-state index < -0.39 is 11.9 Å². The second-order valence-electron chi connectivity index (χ2n) is 11.1. The third-order valence-corrected chi connectivity index (χ3v) is 7.13. The Morgan fingerprint density at radius 3 is 0.897 bits per heavy atom. The summed E-state index contributed by atoms with van der Waals surface area (Å²) in [6.45, 7) is 4.51. The molecule has 0 fully saturated rings. The van der Waals surface area contributed by atoms with Gasteiger partial charge in [0.25, 0.3) is 0 Å². The first-order valence-electron chi connectivity index (χ1n) is 16.6. The molecule has 0 aromatic rings.